The topological polar surface area (TPSA) is 121 Å². The summed E-state index contributed by atoms with van der Waals surface area (Å²) in [5, 5.41) is 2.66. The Bertz CT molecular complexity index is 1260. The lowest BCUT2D eigenvalue weighted by molar-refractivity contribution is -0.141. The van der Waals surface area contributed by atoms with Gasteiger partial charge in [-0.3, -0.25) is 24.3 Å². The minimum atomic E-state index is -0.854. The number of aryl methyl sites for hydroxylation is 1. The second kappa shape index (κ2) is 12.3. The molecule has 3 heterocycles. The third-order valence-electron chi connectivity index (χ3n) is 6.88. The summed E-state index contributed by atoms with van der Waals surface area (Å²) in [5.41, 5.74) is 0.856. The second-order valence-corrected chi connectivity index (χ2v) is 9.68. The van der Waals surface area contributed by atoms with Gasteiger partial charge in [-0.15, -0.1) is 0 Å². The number of nitrogens with one attached hydrogen (secondary N) is 1. The molecule has 0 bridgehead atoms. The number of aromatic nitrogens is 1. The largest absolute Gasteiger partial charge is 0.469 e. The Morgan fingerprint density at radius 3 is 2.42 bits per heavy atom. The molecule has 1 aromatic heterocycles. The van der Waals surface area contributed by atoms with Gasteiger partial charge < -0.3 is 24.6 Å². The number of halogens is 2. The lowest BCUT2D eigenvalue weighted by atomic mass is 10.1. The minimum Gasteiger partial charge on any atom is -0.469 e. The fourth-order valence-corrected chi connectivity index (χ4v) is 4.64. The molecule has 2 aliphatic heterocycles. The smallest absolute Gasteiger partial charge is 0.414 e. The number of hydrogen-bond acceptors (Lipinski definition) is 8. The first-order valence-electron chi connectivity index (χ1n) is 12.9. The molecule has 2 atom stereocenters. The van der Waals surface area contributed by atoms with Crippen LogP contribution < -0.4 is 15.1 Å². The van der Waals surface area contributed by atoms with Gasteiger partial charge in [-0.2, -0.15) is 0 Å². The maximum absolute atomic E-state index is 15.1. The molecule has 0 unspecified atom stereocenters. The van der Waals surface area contributed by atoms with Crippen molar-refractivity contribution in [3.63, 3.8) is 0 Å². The van der Waals surface area contributed by atoms with Crippen molar-refractivity contribution in [1.29, 1.82) is 0 Å². The van der Waals surface area contributed by atoms with Crippen LogP contribution in [0.25, 0.3) is 0 Å². The van der Waals surface area contributed by atoms with Crippen LogP contribution in [-0.2, 0) is 19.1 Å². The Labute approximate surface area is 230 Å². The molecule has 1 N–H and O–H groups in total. The zero-order valence-corrected chi connectivity index (χ0v) is 22.5. The molecular formula is C27H31F2N5O6. The van der Waals surface area contributed by atoms with E-state index in [1.165, 1.54) is 23.1 Å². The number of hydrogen-bond donors (Lipinski definition) is 1. The van der Waals surface area contributed by atoms with Crippen molar-refractivity contribution in [2.75, 3.05) is 49.6 Å². The first-order chi connectivity index (χ1) is 19.1. The fraction of sp³-hybridized carbons (Fsp3) is 0.444. The summed E-state index contributed by atoms with van der Waals surface area (Å²) in [5.74, 6) is -2.89. The SMILES string of the molecule is COC(=O)CC[C@H]1CN(c2cc(F)c(N3CCN(C(=O)[C@H](C)NC(=O)c4ccc(C)nc4)CC3)c(F)c2)C(=O)O1. The standard InChI is InChI=1S/C27H31F2N5O6/c1-16-4-5-18(14-30-16)25(36)31-17(2)26(37)33-10-8-32(9-11-33)24-21(28)12-19(13-22(24)29)34-15-20(40-27(34)38)6-7-23(35)39-3/h4-5,12-14,17,20H,6-11,15H2,1-3H3,(H,31,36)/t17-,20-/m0/s1. The Morgan fingerprint density at radius 2 is 1.82 bits per heavy atom. The van der Waals surface area contributed by atoms with Gasteiger partial charge in [0.2, 0.25) is 5.91 Å². The number of carbonyl (C=O) groups excluding carboxylic acids is 4. The van der Waals surface area contributed by atoms with Crippen LogP contribution in [0.15, 0.2) is 30.5 Å². The second-order valence-electron chi connectivity index (χ2n) is 9.68. The first kappa shape index (κ1) is 28.7. The molecule has 13 heteroatoms. The molecule has 4 rings (SSSR count). The maximum Gasteiger partial charge on any atom is 0.414 e. The Kier molecular flexibility index (Phi) is 8.80. The van der Waals surface area contributed by atoms with Crippen molar-refractivity contribution >= 4 is 35.3 Å². The third kappa shape index (κ3) is 6.46. The molecule has 2 fully saturated rings. The normalized spacial score (nSPS) is 17.9. The van der Waals surface area contributed by atoms with Crippen molar-refractivity contribution in [3.05, 3.63) is 53.4 Å². The van der Waals surface area contributed by atoms with Crippen LogP contribution in [0.2, 0.25) is 0 Å². The van der Waals surface area contributed by atoms with Crippen LogP contribution in [0.4, 0.5) is 25.0 Å². The number of pyridine rings is 1. The van der Waals surface area contributed by atoms with E-state index < -0.39 is 41.7 Å². The number of methoxy groups -OCH3 is 1. The van der Waals surface area contributed by atoms with E-state index in [2.05, 4.69) is 15.0 Å². The molecule has 40 heavy (non-hydrogen) atoms. The fourth-order valence-electron chi connectivity index (χ4n) is 4.64. The van der Waals surface area contributed by atoms with Gasteiger partial charge in [0, 0.05) is 56.6 Å². The monoisotopic (exact) mass is 559 g/mol. The van der Waals surface area contributed by atoms with Gasteiger partial charge in [-0.1, -0.05) is 0 Å². The zero-order chi connectivity index (χ0) is 29.0. The van der Waals surface area contributed by atoms with Gasteiger partial charge in [0.1, 0.15) is 17.8 Å². The molecular weight excluding hydrogens is 528 g/mol. The average Bonchev–Trinajstić information content (AvgIpc) is 3.31. The van der Waals surface area contributed by atoms with Gasteiger partial charge in [0.25, 0.3) is 5.91 Å². The summed E-state index contributed by atoms with van der Waals surface area (Å²) in [6.45, 7) is 4.17. The number of cyclic esters (lactones) is 1. The number of nitrogens with zero attached hydrogens (tertiary/aromatic N) is 4. The van der Waals surface area contributed by atoms with E-state index in [9.17, 15) is 19.2 Å². The lowest BCUT2D eigenvalue weighted by Crippen LogP contribution is -2.54. The number of anilines is 2. The van der Waals surface area contributed by atoms with Crippen LogP contribution in [0.3, 0.4) is 0 Å². The van der Waals surface area contributed by atoms with E-state index in [-0.39, 0.29) is 62.8 Å². The first-order valence-corrected chi connectivity index (χ1v) is 12.9. The number of amides is 3. The Hall–Kier alpha value is -4.29. The molecule has 3 amide bonds. The predicted octanol–water partition coefficient (Wildman–Crippen LogP) is 2.41. The molecule has 0 saturated carbocycles. The van der Waals surface area contributed by atoms with E-state index in [1.807, 2.05) is 0 Å². The third-order valence-corrected chi connectivity index (χ3v) is 6.88. The van der Waals surface area contributed by atoms with Gasteiger partial charge in [0.15, 0.2) is 11.6 Å². The highest BCUT2D eigenvalue weighted by molar-refractivity contribution is 5.97. The van der Waals surface area contributed by atoms with Crippen LogP contribution >= 0.6 is 0 Å². The van der Waals surface area contributed by atoms with Crippen molar-refractivity contribution in [2.45, 2.75) is 38.8 Å². The highest BCUT2D eigenvalue weighted by Gasteiger charge is 2.34. The van der Waals surface area contributed by atoms with Gasteiger partial charge in [0.05, 0.1) is 24.9 Å². The maximum atomic E-state index is 15.1. The molecule has 2 saturated heterocycles. The molecule has 0 aliphatic carbocycles. The Morgan fingerprint density at radius 1 is 1.15 bits per heavy atom. The summed E-state index contributed by atoms with van der Waals surface area (Å²) in [6, 6.07) is 4.66. The minimum absolute atomic E-state index is 0.00600. The van der Waals surface area contributed by atoms with Gasteiger partial charge in [-0.05, 0) is 32.4 Å². The summed E-state index contributed by atoms with van der Waals surface area (Å²) in [6.07, 6.45) is 0.350. The molecule has 2 aliphatic rings. The van der Waals surface area contributed by atoms with E-state index in [4.69, 9.17) is 4.74 Å². The van der Waals surface area contributed by atoms with Gasteiger partial charge in [-0.25, -0.2) is 13.6 Å². The van der Waals surface area contributed by atoms with E-state index >= 15 is 8.78 Å². The van der Waals surface area contributed by atoms with Crippen molar-refractivity contribution < 1.29 is 37.4 Å². The summed E-state index contributed by atoms with van der Waals surface area (Å²) in [7, 11) is 1.26. The van der Waals surface area contributed by atoms with Gasteiger partial charge >= 0.3 is 12.1 Å². The predicted molar refractivity (Wildman–Crippen MR) is 140 cm³/mol. The molecule has 0 radical (unpaired) electrons. The van der Waals surface area contributed by atoms with Crippen molar-refractivity contribution in [2.24, 2.45) is 0 Å². The van der Waals surface area contributed by atoms with Crippen LogP contribution in [0.5, 0.6) is 0 Å². The molecule has 11 nitrogen and oxygen atoms in total. The number of ether oxygens (including phenoxy) is 2. The number of benzene rings is 1. The molecule has 1 aromatic carbocycles. The quantitative estimate of drug-likeness (QED) is 0.490. The highest BCUT2D eigenvalue weighted by Crippen LogP contribution is 2.32. The summed E-state index contributed by atoms with van der Waals surface area (Å²) < 4.78 is 40.1. The summed E-state index contributed by atoms with van der Waals surface area (Å²) in [4.78, 5) is 57.2. The van der Waals surface area contributed by atoms with E-state index in [1.54, 1.807) is 26.0 Å². The number of esters is 1. The zero-order valence-electron chi connectivity index (χ0n) is 22.5. The van der Waals surface area contributed by atoms with Crippen LogP contribution in [0.1, 0.15) is 35.8 Å². The Balaban J connectivity index is 1.34. The molecule has 0 spiro atoms. The van der Waals surface area contributed by atoms with E-state index in [0.29, 0.717) is 5.56 Å². The number of piperazine rings is 1. The highest BCUT2D eigenvalue weighted by atomic mass is 19.1. The van der Waals surface area contributed by atoms with E-state index in [0.717, 1.165) is 22.7 Å². The van der Waals surface area contributed by atoms with Crippen molar-refractivity contribution in [1.82, 2.24) is 15.2 Å². The molecule has 214 valence electrons. The average molecular weight is 560 g/mol. The lowest BCUT2D eigenvalue weighted by Gasteiger charge is -2.37. The number of carbonyl (C=O) groups is 4. The number of rotatable bonds is 8. The summed E-state index contributed by atoms with van der Waals surface area (Å²) >= 11 is 0. The van der Waals surface area contributed by atoms with Crippen LogP contribution in [0, 0.1) is 18.6 Å². The van der Waals surface area contributed by atoms with Crippen molar-refractivity contribution in [3.8, 4) is 0 Å². The molecule has 2 aromatic rings. The van der Waals surface area contributed by atoms with Crippen LogP contribution in [-0.4, -0.2) is 85.7 Å².